The average Bonchev–Trinajstić information content (AvgIpc) is 3.46. The number of rotatable bonds is 5. The summed E-state index contributed by atoms with van der Waals surface area (Å²) < 4.78 is 11.9. The molecule has 2 amide bonds. The number of likely N-dealkylation sites (tertiary alicyclic amines) is 1. The van der Waals surface area contributed by atoms with Gasteiger partial charge >= 0.3 is 6.09 Å². The summed E-state index contributed by atoms with van der Waals surface area (Å²) in [6.45, 7) is 8.45. The van der Waals surface area contributed by atoms with Gasteiger partial charge in [-0.1, -0.05) is 23.4 Å². The first-order valence-corrected chi connectivity index (χ1v) is 11.7. The summed E-state index contributed by atoms with van der Waals surface area (Å²) in [6.07, 6.45) is 4.02. The van der Waals surface area contributed by atoms with Crippen LogP contribution in [0.25, 0.3) is 17.0 Å². The predicted molar refractivity (Wildman–Crippen MR) is 136 cm³/mol. The van der Waals surface area contributed by atoms with Crippen molar-refractivity contribution in [2.75, 3.05) is 25.5 Å². The Bertz CT molecular complexity index is 1410. The zero-order valence-electron chi connectivity index (χ0n) is 21.4. The number of amides is 2. The first-order chi connectivity index (χ1) is 17.6. The Hall–Kier alpha value is -4.25. The van der Waals surface area contributed by atoms with Crippen LogP contribution in [0.2, 0.25) is 0 Å². The van der Waals surface area contributed by atoms with Crippen molar-refractivity contribution >= 4 is 23.8 Å². The Morgan fingerprint density at radius 3 is 2.68 bits per heavy atom. The van der Waals surface area contributed by atoms with Crippen molar-refractivity contribution in [3.63, 3.8) is 0 Å². The lowest BCUT2D eigenvalue weighted by atomic mass is 10.0. The van der Waals surface area contributed by atoms with E-state index in [1.54, 1.807) is 24.8 Å². The smallest absolute Gasteiger partial charge is 0.409 e. The summed E-state index contributed by atoms with van der Waals surface area (Å²) in [5.41, 5.74) is 4.47. The van der Waals surface area contributed by atoms with Crippen LogP contribution in [0.15, 0.2) is 47.2 Å². The number of benzene rings is 1. The molecule has 0 unspecified atom stereocenters. The number of hydrogen-bond donors (Lipinski definition) is 2. The molecular weight excluding hydrogens is 476 g/mol. The first kappa shape index (κ1) is 25.8. The van der Waals surface area contributed by atoms with Crippen LogP contribution in [0, 0.1) is 13.8 Å². The number of aliphatic hydroxyl groups is 1. The Kier molecular flexibility index (Phi) is 7.25. The van der Waals surface area contributed by atoms with Gasteiger partial charge in [-0.2, -0.15) is 4.98 Å². The van der Waals surface area contributed by atoms with Crippen molar-refractivity contribution < 1.29 is 24.0 Å². The van der Waals surface area contributed by atoms with Gasteiger partial charge in [0.25, 0.3) is 0 Å². The Morgan fingerprint density at radius 1 is 1.24 bits per heavy atom. The van der Waals surface area contributed by atoms with E-state index in [2.05, 4.69) is 25.2 Å². The number of methoxy groups -OCH3 is 1. The van der Waals surface area contributed by atoms with Gasteiger partial charge in [0, 0.05) is 42.4 Å². The van der Waals surface area contributed by atoms with Crippen molar-refractivity contribution in [3.8, 4) is 11.4 Å². The number of imidazole rings is 1. The molecule has 0 spiro atoms. The van der Waals surface area contributed by atoms with E-state index in [0.717, 1.165) is 28.0 Å². The topological polar surface area (TPSA) is 135 Å². The summed E-state index contributed by atoms with van der Waals surface area (Å²) >= 11 is 0. The summed E-state index contributed by atoms with van der Waals surface area (Å²) in [7, 11) is 1.35. The average molecular weight is 507 g/mol. The summed E-state index contributed by atoms with van der Waals surface area (Å²) in [5, 5.41) is 16.5. The fourth-order valence-corrected chi connectivity index (χ4v) is 3.88. The molecule has 0 radical (unpaired) electrons. The van der Waals surface area contributed by atoms with Gasteiger partial charge in [0.1, 0.15) is 5.65 Å². The molecule has 0 saturated carbocycles. The lowest BCUT2D eigenvalue weighted by Crippen LogP contribution is -2.48. The molecule has 0 atom stereocenters. The number of carbonyl (C=O) groups excluding carboxylic acids is 2. The molecular formula is C26H30N6O5. The van der Waals surface area contributed by atoms with Crippen molar-refractivity contribution in [1.82, 2.24) is 24.4 Å². The van der Waals surface area contributed by atoms with Crippen LogP contribution in [-0.4, -0.2) is 62.2 Å². The Labute approximate surface area is 214 Å². The van der Waals surface area contributed by atoms with Crippen molar-refractivity contribution in [1.29, 1.82) is 0 Å². The van der Waals surface area contributed by atoms with Gasteiger partial charge < -0.3 is 29.0 Å². The van der Waals surface area contributed by atoms with E-state index in [4.69, 9.17) is 4.52 Å². The maximum absolute atomic E-state index is 11.3. The Morgan fingerprint density at radius 2 is 2.00 bits per heavy atom. The van der Waals surface area contributed by atoms with Crippen LogP contribution in [0.5, 0.6) is 0 Å². The van der Waals surface area contributed by atoms with E-state index in [-0.39, 0.29) is 12.0 Å². The first-order valence-electron chi connectivity index (χ1n) is 11.7. The summed E-state index contributed by atoms with van der Waals surface area (Å²) in [5.74, 6) is 0.962. The van der Waals surface area contributed by atoms with Gasteiger partial charge in [-0.15, -0.1) is 0 Å². The van der Waals surface area contributed by atoms with Gasteiger partial charge in [-0.25, -0.2) is 9.78 Å². The minimum Gasteiger partial charge on any atom is -0.453 e. The quantitative estimate of drug-likeness (QED) is 0.392. The molecule has 11 nitrogen and oxygen atoms in total. The van der Waals surface area contributed by atoms with E-state index in [0.29, 0.717) is 36.9 Å². The van der Waals surface area contributed by atoms with Crippen molar-refractivity contribution in [3.05, 3.63) is 65.4 Å². The molecule has 4 aromatic rings. The molecule has 1 aromatic carbocycles. The highest BCUT2D eigenvalue weighted by Gasteiger charge is 2.36. The number of fused-ring (bicyclic) bond motifs is 1. The maximum Gasteiger partial charge on any atom is 0.409 e. The molecule has 11 heteroatoms. The highest BCUT2D eigenvalue weighted by Crippen LogP contribution is 2.29. The number of carbonyl (C=O) groups is 2. The predicted octanol–water partition coefficient (Wildman–Crippen LogP) is 3.65. The summed E-state index contributed by atoms with van der Waals surface area (Å²) in [6, 6.07) is 9.35. The SMILES string of the molecule is COC(=O)N1CC(c2nc(-c3ccc(C)c(NC=O)c3)no2)C1.Cc1cnc2ccc(C(C)(C)O)cn12. The zero-order chi connectivity index (χ0) is 26.7. The molecule has 2 N–H and O–H groups in total. The number of aryl methyl sites for hydroxylation is 2. The van der Waals surface area contributed by atoms with Crippen LogP contribution < -0.4 is 5.32 Å². The molecule has 37 heavy (non-hydrogen) atoms. The molecule has 0 aliphatic carbocycles. The minimum absolute atomic E-state index is 0.0216. The highest BCUT2D eigenvalue weighted by molar-refractivity contribution is 5.76. The normalized spacial score (nSPS) is 13.5. The second-order valence-corrected chi connectivity index (χ2v) is 9.42. The third kappa shape index (κ3) is 5.61. The lowest BCUT2D eigenvalue weighted by molar-refractivity contribution is -0.105. The molecule has 1 fully saturated rings. The number of ether oxygens (including phenoxy) is 1. The van der Waals surface area contributed by atoms with Crippen molar-refractivity contribution in [2.24, 2.45) is 0 Å². The van der Waals surface area contributed by atoms with Crippen LogP contribution in [0.4, 0.5) is 10.5 Å². The van der Waals surface area contributed by atoms with Crippen molar-refractivity contribution in [2.45, 2.75) is 39.2 Å². The van der Waals surface area contributed by atoms with Gasteiger partial charge in [0.2, 0.25) is 18.1 Å². The Balaban J connectivity index is 0.000000195. The monoisotopic (exact) mass is 506 g/mol. The van der Waals surface area contributed by atoms with Crippen LogP contribution >= 0.6 is 0 Å². The number of nitrogens with one attached hydrogen (secondary N) is 1. The standard InChI is InChI=1S/C15H16N4O4.C11H14N2O/c1-9-3-4-10(5-12(9)16-8-20)13-17-14(23-18-13)11-6-19(7-11)15(21)22-2;1-8-6-12-10-5-4-9(7-13(8)10)11(2,3)14/h3-5,8,11H,6-7H2,1-2H3,(H,16,20);4-7,14H,1-3H3. The molecule has 194 valence electrons. The number of pyridine rings is 1. The summed E-state index contributed by atoms with van der Waals surface area (Å²) in [4.78, 5) is 32.1. The maximum atomic E-state index is 11.3. The third-order valence-corrected chi connectivity index (χ3v) is 6.21. The van der Waals surface area contributed by atoms with E-state index in [1.807, 2.05) is 54.9 Å². The third-order valence-electron chi connectivity index (χ3n) is 6.21. The molecule has 5 rings (SSSR count). The molecule has 3 aromatic heterocycles. The fraction of sp³-hybridized carbons (Fsp3) is 0.346. The number of nitrogens with zero attached hydrogens (tertiary/aromatic N) is 5. The molecule has 4 heterocycles. The number of anilines is 1. The second kappa shape index (κ2) is 10.4. The van der Waals surface area contributed by atoms with Gasteiger partial charge in [0.05, 0.1) is 18.6 Å². The lowest BCUT2D eigenvalue weighted by Gasteiger charge is -2.35. The van der Waals surface area contributed by atoms with E-state index < -0.39 is 5.60 Å². The second-order valence-electron chi connectivity index (χ2n) is 9.42. The number of aromatic nitrogens is 4. The van der Waals surface area contributed by atoms with E-state index in [1.165, 1.54) is 7.11 Å². The van der Waals surface area contributed by atoms with Gasteiger partial charge in [-0.3, -0.25) is 4.79 Å². The molecule has 1 aliphatic heterocycles. The van der Waals surface area contributed by atoms with E-state index >= 15 is 0 Å². The van der Waals surface area contributed by atoms with Gasteiger partial charge in [0.15, 0.2) is 0 Å². The number of hydrogen-bond acceptors (Lipinski definition) is 8. The van der Waals surface area contributed by atoms with Crippen LogP contribution in [-0.2, 0) is 15.1 Å². The molecule has 1 aliphatic rings. The van der Waals surface area contributed by atoms with Crippen LogP contribution in [0.1, 0.15) is 42.5 Å². The van der Waals surface area contributed by atoms with Gasteiger partial charge in [-0.05, 0) is 51.0 Å². The minimum atomic E-state index is -0.801. The van der Waals surface area contributed by atoms with E-state index in [9.17, 15) is 14.7 Å². The highest BCUT2D eigenvalue weighted by atomic mass is 16.5. The van der Waals surface area contributed by atoms with Crippen LogP contribution in [0.3, 0.4) is 0 Å². The molecule has 0 bridgehead atoms. The largest absolute Gasteiger partial charge is 0.453 e. The molecule has 1 saturated heterocycles. The zero-order valence-corrected chi connectivity index (χ0v) is 21.4. The fourth-order valence-electron chi connectivity index (χ4n) is 3.88.